The van der Waals surface area contributed by atoms with E-state index in [1.807, 2.05) is 0 Å². The normalized spacial score (nSPS) is 13.9. The Labute approximate surface area is 115 Å². The van der Waals surface area contributed by atoms with E-state index in [-0.39, 0.29) is 0 Å². The Morgan fingerprint density at radius 2 is 1.84 bits per heavy atom. The van der Waals surface area contributed by atoms with Crippen molar-refractivity contribution < 1.29 is 9.47 Å². The van der Waals surface area contributed by atoms with Gasteiger partial charge in [-0.1, -0.05) is 0 Å². The Hall–Kier alpha value is -1.26. The Bertz CT molecular complexity index is 421. The van der Waals surface area contributed by atoms with Crippen molar-refractivity contribution in [2.45, 2.75) is 19.8 Å². The maximum atomic E-state index is 5.63. The minimum Gasteiger partial charge on any atom is -0.486 e. The fourth-order valence-corrected chi connectivity index (χ4v) is 2.37. The van der Waals surface area contributed by atoms with Crippen molar-refractivity contribution in [1.29, 1.82) is 0 Å². The van der Waals surface area contributed by atoms with Crippen LogP contribution in [0.15, 0.2) is 12.1 Å². The average molecular weight is 264 g/mol. The quantitative estimate of drug-likeness (QED) is 0.847. The number of hydrogen-bond acceptors (Lipinski definition) is 4. The van der Waals surface area contributed by atoms with Gasteiger partial charge in [-0.25, -0.2) is 0 Å². The number of ether oxygens (including phenoxy) is 2. The molecule has 1 aliphatic heterocycles. The second kappa shape index (κ2) is 6.78. The van der Waals surface area contributed by atoms with Gasteiger partial charge in [0.15, 0.2) is 11.5 Å². The molecule has 1 aliphatic rings. The van der Waals surface area contributed by atoms with E-state index in [0.717, 1.165) is 44.0 Å². The monoisotopic (exact) mass is 264 g/mol. The van der Waals surface area contributed by atoms with Crippen LogP contribution in [-0.2, 0) is 6.42 Å². The number of aryl methyl sites for hydroxylation is 2. The average Bonchev–Trinajstić information content (AvgIpc) is 2.39. The molecule has 4 heteroatoms. The zero-order valence-electron chi connectivity index (χ0n) is 11.9. The van der Waals surface area contributed by atoms with Gasteiger partial charge in [-0.3, -0.25) is 0 Å². The highest BCUT2D eigenvalue weighted by atomic mass is 16.6. The highest BCUT2D eigenvalue weighted by Crippen LogP contribution is 2.33. The van der Waals surface area contributed by atoms with Crippen LogP contribution in [0.3, 0.4) is 0 Å². The molecular formula is C15H24N2O2. The molecule has 1 aromatic rings. The van der Waals surface area contributed by atoms with Gasteiger partial charge >= 0.3 is 0 Å². The van der Waals surface area contributed by atoms with Crippen LogP contribution in [-0.4, -0.2) is 44.8 Å². The van der Waals surface area contributed by atoms with E-state index >= 15 is 0 Å². The van der Waals surface area contributed by atoms with E-state index in [2.05, 4.69) is 31.0 Å². The van der Waals surface area contributed by atoms with E-state index in [4.69, 9.17) is 15.2 Å². The summed E-state index contributed by atoms with van der Waals surface area (Å²) in [4.78, 5) is 2.27. The predicted molar refractivity (Wildman–Crippen MR) is 77.0 cm³/mol. The van der Waals surface area contributed by atoms with E-state index in [0.29, 0.717) is 13.2 Å². The Kier molecular flexibility index (Phi) is 5.05. The number of nitrogens with zero attached hydrogens (tertiary/aromatic N) is 1. The van der Waals surface area contributed by atoms with Gasteiger partial charge in [0, 0.05) is 13.1 Å². The van der Waals surface area contributed by atoms with E-state index < -0.39 is 0 Å². The highest BCUT2D eigenvalue weighted by Gasteiger charge is 2.13. The lowest BCUT2D eigenvalue weighted by molar-refractivity contribution is 0.171. The van der Waals surface area contributed by atoms with Gasteiger partial charge in [0.1, 0.15) is 13.2 Å². The summed E-state index contributed by atoms with van der Waals surface area (Å²) in [7, 11) is 2.11. The first kappa shape index (κ1) is 14.2. The smallest absolute Gasteiger partial charge is 0.161 e. The molecule has 2 rings (SSSR count). The number of fused-ring (bicyclic) bond motifs is 1. The first-order valence-electron chi connectivity index (χ1n) is 6.98. The van der Waals surface area contributed by atoms with Crippen molar-refractivity contribution in [3.8, 4) is 11.5 Å². The summed E-state index contributed by atoms with van der Waals surface area (Å²) in [6.45, 7) is 6.19. The molecule has 0 aromatic heterocycles. The van der Waals surface area contributed by atoms with Gasteiger partial charge < -0.3 is 20.1 Å². The molecule has 0 radical (unpaired) electrons. The molecule has 0 spiro atoms. The maximum Gasteiger partial charge on any atom is 0.161 e. The van der Waals surface area contributed by atoms with E-state index in [1.54, 1.807) is 0 Å². The van der Waals surface area contributed by atoms with Crippen LogP contribution in [0.25, 0.3) is 0 Å². The maximum absolute atomic E-state index is 5.63. The lowest BCUT2D eigenvalue weighted by Crippen LogP contribution is -2.26. The van der Waals surface area contributed by atoms with Crippen molar-refractivity contribution >= 4 is 0 Å². The third-order valence-corrected chi connectivity index (χ3v) is 3.50. The van der Waals surface area contributed by atoms with Crippen molar-refractivity contribution in [2.24, 2.45) is 5.73 Å². The van der Waals surface area contributed by atoms with Gasteiger partial charge in [0.05, 0.1) is 0 Å². The molecule has 0 unspecified atom stereocenters. The standard InChI is InChI=1S/C15H24N2O2/c1-12-10-14-15(19-9-8-18-14)11-13(12)4-3-6-17(2)7-5-16/h10-11H,3-9,16H2,1-2H3. The number of hydrogen-bond donors (Lipinski definition) is 1. The summed E-state index contributed by atoms with van der Waals surface area (Å²) < 4.78 is 11.2. The summed E-state index contributed by atoms with van der Waals surface area (Å²) in [5.41, 5.74) is 8.18. The van der Waals surface area contributed by atoms with Crippen LogP contribution in [0.2, 0.25) is 0 Å². The summed E-state index contributed by atoms with van der Waals surface area (Å²) in [6.07, 6.45) is 2.20. The van der Waals surface area contributed by atoms with Crippen LogP contribution >= 0.6 is 0 Å². The Morgan fingerprint density at radius 1 is 1.16 bits per heavy atom. The molecule has 2 N–H and O–H groups in total. The van der Waals surface area contributed by atoms with Gasteiger partial charge in [-0.2, -0.15) is 0 Å². The van der Waals surface area contributed by atoms with Crippen molar-refractivity contribution in [1.82, 2.24) is 4.90 Å². The topological polar surface area (TPSA) is 47.7 Å². The summed E-state index contributed by atoms with van der Waals surface area (Å²) in [5.74, 6) is 1.77. The van der Waals surface area contributed by atoms with Gasteiger partial charge in [0.25, 0.3) is 0 Å². The summed E-state index contributed by atoms with van der Waals surface area (Å²) in [6, 6.07) is 4.22. The zero-order chi connectivity index (χ0) is 13.7. The number of benzene rings is 1. The largest absolute Gasteiger partial charge is 0.486 e. The Morgan fingerprint density at radius 3 is 2.53 bits per heavy atom. The zero-order valence-corrected chi connectivity index (χ0v) is 11.9. The third kappa shape index (κ3) is 3.85. The minimum atomic E-state index is 0.648. The highest BCUT2D eigenvalue weighted by molar-refractivity contribution is 5.47. The molecule has 0 saturated heterocycles. The molecule has 4 nitrogen and oxygen atoms in total. The van der Waals surface area contributed by atoms with Crippen LogP contribution < -0.4 is 15.2 Å². The molecule has 106 valence electrons. The minimum absolute atomic E-state index is 0.648. The van der Waals surface area contributed by atoms with Crippen molar-refractivity contribution in [2.75, 3.05) is 39.9 Å². The van der Waals surface area contributed by atoms with Gasteiger partial charge in [-0.05, 0) is 56.6 Å². The second-order valence-corrected chi connectivity index (χ2v) is 5.12. The van der Waals surface area contributed by atoms with E-state index in [9.17, 15) is 0 Å². The third-order valence-electron chi connectivity index (χ3n) is 3.50. The lowest BCUT2D eigenvalue weighted by atomic mass is 10.0. The van der Waals surface area contributed by atoms with Crippen molar-refractivity contribution in [3.05, 3.63) is 23.3 Å². The number of rotatable bonds is 6. The molecule has 0 aliphatic carbocycles. The second-order valence-electron chi connectivity index (χ2n) is 5.12. The lowest BCUT2D eigenvalue weighted by Gasteiger charge is -2.21. The van der Waals surface area contributed by atoms with Gasteiger partial charge in [0.2, 0.25) is 0 Å². The molecule has 0 amide bonds. The number of likely N-dealkylation sites (N-methyl/N-ethyl adjacent to an activating group) is 1. The van der Waals surface area contributed by atoms with Crippen LogP contribution in [0.4, 0.5) is 0 Å². The molecule has 0 saturated carbocycles. The predicted octanol–water partition coefficient (Wildman–Crippen LogP) is 1.59. The van der Waals surface area contributed by atoms with Gasteiger partial charge in [-0.15, -0.1) is 0 Å². The number of nitrogens with two attached hydrogens (primary N) is 1. The van der Waals surface area contributed by atoms with Crippen LogP contribution in [0.5, 0.6) is 11.5 Å². The van der Waals surface area contributed by atoms with Crippen LogP contribution in [0, 0.1) is 6.92 Å². The molecule has 0 bridgehead atoms. The molecule has 0 atom stereocenters. The molecular weight excluding hydrogens is 240 g/mol. The molecule has 1 heterocycles. The first-order chi connectivity index (χ1) is 9.20. The molecule has 0 fully saturated rings. The fraction of sp³-hybridized carbons (Fsp3) is 0.600. The summed E-state index contributed by atoms with van der Waals surface area (Å²) in [5, 5.41) is 0. The Balaban J connectivity index is 1.93. The molecule has 1 aromatic carbocycles. The molecule has 19 heavy (non-hydrogen) atoms. The van der Waals surface area contributed by atoms with Crippen molar-refractivity contribution in [3.63, 3.8) is 0 Å². The van der Waals surface area contributed by atoms with Crippen LogP contribution in [0.1, 0.15) is 17.5 Å². The SMILES string of the molecule is Cc1cc2c(cc1CCCN(C)CCN)OCCO2. The first-order valence-corrected chi connectivity index (χ1v) is 6.98. The van der Waals surface area contributed by atoms with E-state index in [1.165, 1.54) is 11.1 Å². The fourth-order valence-electron chi connectivity index (χ4n) is 2.37. The summed E-state index contributed by atoms with van der Waals surface area (Å²) >= 11 is 0.